The molecule has 1 aromatic rings. The molecule has 0 fully saturated rings. The van der Waals surface area contributed by atoms with Gasteiger partial charge in [0.15, 0.2) is 0 Å². The van der Waals surface area contributed by atoms with Crippen molar-refractivity contribution in [2.75, 3.05) is 0 Å². The fraction of sp³-hybridized carbons (Fsp3) is 0. The minimum absolute atomic E-state index is 0.419. The standard InChI is InChI=1S/C8H4N2O2/c9-5-11-7-1-2-8(4-3-7)12-6-10/h1-4H. The van der Waals surface area contributed by atoms with Gasteiger partial charge in [-0.3, -0.25) is 0 Å². The molecule has 1 rings (SSSR count). The van der Waals surface area contributed by atoms with E-state index >= 15 is 0 Å². The number of hydrogen-bond donors (Lipinski definition) is 0. The van der Waals surface area contributed by atoms with Crippen molar-refractivity contribution in [2.45, 2.75) is 0 Å². The molecule has 0 saturated carbocycles. The van der Waals surface area contributed by atoms with E-state index in [1.165, 1.54) is 36.8 Å². The fourth-order valence-corrected chi connectivity index (χ4v) is 0.681. The number of nitriles is 2. The van der Waals surface area contributed by atoms with Gasteiger partial charge in [-0.1, -0.05) is 0 Å². The first-order valence-corrected chi connectivity index (χ1v) is 3.09. The third-order valence-electron chi connectivity index (χ3n) is 1.15. The van der Waals surface area contributed by atoms with Crippen LogP contribution >= 0.6 is 0 Å². The van der Waals surface area contributed by atoms with Crippen LogP contribution in [0.1, 0.15) is 0 Å². The zero-order valence-electron chi connectivity index (χ0n) is 6.02. The van der Waals surface area contributed by atoms with Crippen LogP contribution in [-0.2, 0) is 0 Å². The Morgan fingerprint density at radius 3 is 1.42 bits per heavy atom. The van der Waals surface area contributed by atoms with Crippen LogP contribution in [0.15, 0.2) is 24.3 Å². The first kappa shape index (κ1) is 7.90. The van der Waals surface area contributed by atoms with E-state index < -0.39 is 0 Å². The molecule has 4 nitrogen and oxygen atoms in total. The van der Waals surface area contributed by atoms with Gasteiger partial charge in [0, 0.05) is 0 Å². The van der Waals surface area contributed by atoms with Crippen molar-refractivity contribution in [3.8, 4) is 24.0 Å². The van der Waals surface area contributed by atoms with Crippen LogP contribution in [0.3, 0.4) is 0 Å². The topological polar surface area (TPSA) is 66.0 Å². The van der Waals surface area contributed by atoms with E-state index in [9.17, 15) is 0 Å². The molecule has 0 heterocycles. The van der Waals surface area contributed by atoms with Gasteiger partial charge in [0.05, 0.1) is 0 Å². The molecule has 0 radical (unpaired) electrons. The van der Waals surface area contributed by atoms with Gasteiger partial charge in [-0.2, -0.15) is 0 Å². The monoisotopic (exact) mass is 160 g/mol. The molecular formula is C8H4N2O2. The van der Waals surface area contributed by atoms with Crippen LogP contribution < -0.4 is 9.47 Å². The third-order valence-corrected chi connectivity index (χ3v) is 1.15. The van der Waals surface area contributed by atoms with E-state index in [1.54, 1.807) is 0 Å². The van der Waals surface area contributed by atoms with E-state index in [0.717, 1.165) is 0 Å². The van der Waals surface area contributed by atoms with E-state index in [4.69, 9.17) is 10.5 Å². The summed E-state index contributed by atoms with van der Waals surface area (Å²) < 4.78 is 9.01. The summed E-state index contributed by atoms with van der Waals surface area (Å²) in [5.41, 5.74) is 0. The highest BCUT2D eigenvalue weighted by molar-refractivity contribution is 5.32. The van der Waals surface area contributed by atoms with Crippen molar-refractivity contribution in [1.82, 2.24) is 0 Å². The Labute approximate surface area is 69.2 Å². The highest BCUT2D eigenvalue weighted by Crippen LogP contribution is 2.16. The normalized spacial score (nSPS) is 7.83. The first-order chi connectivity index (χ1) is 5.86. The highest BCUT2D eigenvalue weighted by Gasteiger charge is 1.94. The van der Waals surface area contributed by atoms with Gasteiger partial charge in [0.2, 0.25) is 0 Å². The van der Waals surface area contributed by atoms with E-state index in [1.807, 2.05) is 0 Å². The predicted molar refractivity (Wildman–Crippen MR) is 38.9 cm³/mol. The maximum absolute atomic E-state index is 8.14. The van der Waals surface area contributed by atoms with E-state index in [-0.39, 0.29) is 0 Å². The lowest BCUT2D eigenvalue weighted by Gasteiger charge is -1.96. The van der Waals surface area contributed by atoms with Crippen molar-refractivity contribution >= 4 is 0 Å². The summed E-state index contributed by atoms with van der Waals surface area (Å²) in [6.07, 6.45) is 3.06. The molecule has 12 heavy (non-hydrogen) atoms. The van der Waals surface area contributed by atoms with Crippen molar-refractivity contribution in [1.29, 1.82) is 10.5 Å². The molecule has 0 aliphatic carbocycles. The summed E-state index contributed by atoms with van der Waals surface area (Å²) in [6, 6.07) is 6.15. The fourth-order valence-electron chi connectivity index (χ4n) is 0.681. The largest absolute Gasteiger partial charge is 0.388 e. The Balaban J connectivity index is 2.74. The molecular weight excluding hydrogens is 156 g/mol. The van der Waals surface area contributed by atoms with Gasteiger partial charge in [0.25, 0.3) is 12.5 Å². The number of benzene rings is 1. The smallest absolute Gasteiger partial charge is 0.292 e. The molecule has 4 heteroatoms. The number of nitrogens with zero attached hydrogens (tertiary/aromatic N) is 2. The molecule has 1 aromatic carbocycles. The minimum atomic E-state index is 0.419. The van der Waals surface area contributed by atoms with Crippen LogP contribution in [0.5, 0.6) is 11.5 Å². The Morgan fingerprint density at radius 2 is 1.17 bits per heavy atom. The summed E-state index contributed by atoms with van der Waals surface area (Å²) in [5.74, 6) is 0.838. The van der Waals surface area contributed by atoms with Gasteiger partial charge in [0.1, 0.15) is 11.5 Å². The van der Waals surface area contributed by atoms with Gasteiger partial charge in [-0.15, -0.1) is 10.5 Å². The summed E-state index contributed by atoms with van der Waals surface area (Å²) >= 11 is 0. The zero-order chi connectivity index (χ0) is 8.81. The molecule has 0 saturated heterocycles. The van der Waals surface area contributed by atoms with Crippen molar-refractivity contribution in [2.24, 2.45) is 0 Å². The average Bonchev–Trinajstić information content (AvgIpc) is 2.09. The number of hydrogen-bond acceptors (Lipinski definition) is 4. The summed E-state index contributed by atoms with van der Waals surface area (Å²) in [6.45, 7) is 0. The molecule has 0 unspecified atom stereocenters. The second kappa shape index (κ2) is 3.85. The zero-order valence-corrected chi connectivity index (χ0v) is 6.02. The maximum atomic E-state index is 8.14. The summed E-state index contributed by atoms with van der Waals surface area (Å²) in [4.78, 5) is 0. The number of ether oxygens (including phenoxy) is 2. The molecule has 58 valence electrons. The third kappa shape index (κ3) is 1.89. The van der Waals surface area contributed by atoms with Gasteiger partial charge in [-0.05, 0) is 24.3 Å². The molecule has 0 bridgehead atoms. The second-order valence-electron chi connectivity index (χ2n) is 1.86. The maximum Gasteiger partial charge on any atom is 0.292 e. The van der Waals surface area contributed by atoms with Gasteiger partial charge in [-0.25, -0.2) is 0 Å². The SMILES string of the molecule is N#COc1ccc(OC#N)cc1. The number of rotatable bonds is 2. The Morgan fingerprint density at radius 1 is 0.833 bits per heavy atom. The Hall–Kier alpha value is -2.20. The molecule has 0 atom stereocenters. The lowest BCUT2D eigenvalue weighted by Crippen LogP contribution is -1.83. The quantitative estimate of drug-likeness (QED) is 0.613. The van der Waals surface area contributed by atoms with Crippen molar-refractivity contribution < 1.29 is 9.47 Å². The van der Waals surface area contributed by atoms with E-state index in [0.29, 0.717) is 11.5 Å². The van der Waals surface area contributed by atoms with Crippen molar-refractivity contribution in [3.63, 3.8) is 0 Å². The minimum Gasteiger partial charge on any atom is -0.388 e. The van der Waals surface area contributed by atoms with E-state index in [2.05, 4.69) is 9.47 Å². The van der Waals surface area contributed by atoms with Crippen LogP contribution in [0, 0.1) is 23.0 Å². The first-order valence-electron chi connectivity index (χ1n) is 3.09. The van der Waals surface area contributed by atoms with Crippen LogP contribution in [0.4, 0.5) is 0 Å². The predicted octanol–water partition coefficient (Wildman–Crippen LogP) is 1.41. The molecule has 0 aliphatic rings. The Kier molecular flexibility index (Phi) is 2.53. The van der Waals surface area contributed by atoms with Gasteiger partial charge < -0.3 is 9.47 Å². The summed E-state index contributed by atoms with van der Waals surface area (Å²) in [5, 5.41) is 16.3. The second-order valence-corrected chi connectivity index (χ2v) is 1.86. The van der Waals surface area contributed by atoms with Gasteiger partial charge >= 0.3 is 0 Å². The van der Waals surface area contributed by atoms with Crippen LogP contribution in [-0.4, -0.2) is 0 Å². The molecule has 0 amide bonds. The molecule has 0 N–H and O–H groups in total. The Bertz CT molecular complexity index is 297. The summed E-state index contributed by atoms with van der Waals surface area (Å²) in [7, 11) is 0. The van der Waals surface area contributed by atoms with Crippen molar-refractivity contribution in [3.05, 3.63) is 24.3 Å². The molecule has 0 spiro atoms. The lowest BCUT2D eigenvalue weighted by atomic mass is 10.3. The molecule has 0 aromatic heterocycles. The average molecular weight is 160 g/mol. The molecule has 0 aliphatic heterocycles. The highest BCUT2D eigenvalue weighted by atomic mass is 16.5. The van der Waals surface area contributed by atoms with Crippen LogP contribution in [0.25, 0.3) is 0 Å². The van der Waals surface area contributed by atoms with Crippen LogP contribution in [0.2, 0.25) is 0 Å². The lowest BCUT2D eigenvalue weighted by molar-refractivity contribution is 0.493.